The molecule has 0 unspecified atom stereocenters. The highest BCUT2D eigenvalue weighted by Gasteiger charge is 2.32. The van der Waals surface area contributed by atoms with Crippen molar-refractivity contribution in [2.24, 2.45) is 0 Å². The largest absolute Gasteiger partial charge is 0.478 e. The van der Waals surface area contributed by atoms with Crippen LogP contribution in [-0.2, 0) is 4.79 Å². The lowest BCUT2D eigenvalue weighted by atomic mass is 9.79. The molecule has 5 heteroatoms. The van der Waals surface area contributed by atoms with Gasteiger partial charge in [-0.3, -0.25) is 4.79 Å². The van der Waals surface area contributed by atoms with Crippen molar-refractivity contribution in [3.05, 3.63) is 18.3 Å². The molecule has 0 spiro atoms. The SMILES string of the molecule is CCOc1ccc(NC(=O)CC2(NC)CCCCC2)cn1. The number of anilines is 1. The van der Waals surface area contributed by atoms with Gasteiger partial charge >= 0.3 is 0 Å². The van der Waals surface area contributed by atoms with Gasteiger partial charge in [-0.2, -0.15) is 0 Å². The van der Waals surface area contributed by atoms with Crippen LogP contribution in [0.3, 0.4) is 0 Å². The van der Waals surface area contributed by atoms with Gasteiger partial charge in [0.15, 0.2) is 0 Å². The van der Waals surface area contributed by atoms with Gasteiger partial charge in [0.2, 0.25) is 11.8 Å². The summed E-state index contributed by atoms with van der Waals surface area (Å²) in [5.41, 5.74) is 0.673. The Bertz CT molecular complexity index is 453. The van der Waals surface area contributed by atoms with Gasteiger partial charge in [-0.1, -0.05) is 19.3 Å². The third kappa shape index (κ3) is 4.43. The van der Waals surface area contributed by atoms with Crippen LogP contribution < -0.4 is 15.4 Å². The number of carbonyl (C=O) groups excluding carboxylic acids is 1. The summed E-state index contributed by atoms with van der Waals surface area (Å²) in [5, 5.41) is 6.28. The first-order valence-electron chi connectivity index (χ1n) is 7.75. The number of hydrogen-bond acceptors (Lipinski definition) is 4. The molecule has 1 aromatic rings. The number of ether oxygens (including phenoxy) is 1. The van der Waals surface area contributed by atoms with E-state index in [-0.39, 0.29) is 11.4 Å². The maximum absolute atomic E-state index is 12.2. The van der Waals surface area contributed by atoms with Gasteiger partial charge < -0.3 is 15.4 Å². The van der Waals surface area contributed by atoms with E-state index in [4.69, 9.17) is 4.74 Å². The van der Waals surface area contributed by atoms with Gasteiger partial charge in [0, 0.05) is 18.0 Å². The highest BCUT2D eigenvalue weighted by atomic mass is 16.5. The van der Waals surface area contributed by atoms with Gasteiger partial charge in [-0.15, -0.1) is 0 Å². The third-order valence-electron chi connectivity index (χ3n) is 4.15. The number of rotatable bonds is 6. The lowest BCUT2D eigenvalue weighted by Crippen LogP contribution is -2.47. The second-order valence-electron chi connectivity index (χ2n) is 5.63. The highest BCUT2D eigenvalue weighted by molar-refractivity contribution is 5.91. The first kappa shape index (κ1) is 15.8. The van der Waals surface area contributed by atoms with Crippen LogP contribution in [0.25, 0.3) is 0 Å². The monoisotopic (exact) mass is 291 g/mol. The number of carbonyl (C=O) groups is 1. The second-order valence-corrected chi connectivity index (χ2v) is 5.63. The minimum Gasteiger partial charge on any atom is -0.478 e. The molecule has 0 saturated heterocycles. The minimum absolute atomic E-state index is 0.0391. The number of nitrogens with one attached hydrogen (secondary N) is 2. The molecule has 1 heterocycles. The van der Waals surface area contributed by atoms with E-state index < -0.39 is 0 Å². The molecular weight excluding hydrogens is 266 g/mol. The zero-order valence-corrected chi connectivity index (χ0v) is 12.9. The van der Waals surface area contributed by atoms with Crippen LogP contribution in [0.15, 0.2) is 18.3 Å². The second kappa shape index (κ2) is 7.41. The Kier molecular flexibility index (Phi) is 5.56. The summed E-state index contributed by atoms with van der Waals surface area (Å²) in [6.07, 6.45) is 7.94. The van der Waals surface area contributed by atoms with E-state index in [1.165, 1.54) is 19.3 Å². The Labute approximate surface area is 126 Å². The van der Waals surface area contributed by atoms with Crippen molar-refractivity contribution in [3.8, 4) is 5.88 Å². The first-order valence-corrected chi connectivity index (χ1v) is 7.75. The van der Waals surface area contributed by atoms with Crippen molar-refractivity contribution in [2.45, 2.75) is 51.0 Å². The summed E-state index contributed by atoms with van der Waals surface area (Å²) in [4.78, 5) is 16.4. The van der Waals surface area contributed by atoms with Crippen LogP contribution in [-0.4, -0.2) is 30.1 Å². The van der Waals surface area contributed by atoms with Crippen molar-refractivity contribution in [1.29, 1.82) is 0 Å². The molecule has 0 radical (unpaired) electrons. The lowest BCUT2D eigenvalue weighted by molar-refractivity contribution is -0.117. The van der Waals surface area contributed by atoms with E-state index in [1.54, 1.807) is 12.3 Å². The summed E-state index contributed by atoms with van der Waals surface area (Å²) in [5.74, 6) is 0.617. The Balaban J connectivity index is 1.91. The summed E-state index contributed by atoms with van der Waals surface area (Å²) >= 11 is 0. The van der Waals surface area contributed by atoms with E-state index >= 15 is 0 Å². The molecule has 0 aliphatic heterocycles. The molecule has 5 nitrogen and oxygen atoms in total. The van der Waals surface area contributed by atoms with E-state index in [1.807, 2.05) is 20.0 Å². The summed E-state index contributed by atoms with van der Waals surface area (Å²) in [6.45, 7) is 2.50. The van der Waals surface area contributed by atoms with E-state index in [2.05, 4.69) is 15.6 Å². The van der Waals surface area contributed by atoms with Crippen LogP contribution >= 0.6 is 0 Å². The molecule has 0 aromatic carbocycles. The lowest BCUT2D eigenvalue weighted by Gasteiger charge is -2.36. The van der Waals surface area contributed by atoms with Crippen LogP contribution in [0.2, 0.25) is 0 Å². The van der Waals surface area contributed by atoms with Gasteiger partial charge in [0.25, 0.3) is 0 Å². The van der Waals surface area contributed by atoms with E-state index in [0.29, 0.717) is 24.6 Å². The number of amides is 1. The Morgan fingerprint density at radius 2 is 2.10 bits per heavy atom. The van der Waals surface area contributed by atoms with Crippen molar-refractivity contribution in [2.75, 3.05) is 19.0 Å². The molecule has 1 saturated carbocycles. The Morgan fingerprint density at radius 1 is 1.33 bits per heavy atom. The fourth-order valence-electron chi connectivity index (χ4n) is 2.94. The number of aromatic nitrogens is 1. The summed E-state index contributed by atoms with van der Waals surface area (Å²) in [6, 6.07) is 3.59. The molecule has 1 aromatic heterocycles. The quantitative estimate of drug-likeness (QED) is 0.846. The fraction of sp³-hybridized carbons (Fsp3) is 0.625. The van der Waals surface area contributed by atoms with Gasteiger partial charge in [-0.25, -0.2) is 4.98 Å². The van der Waals surface area contributed by atoms with Crippen molar-refractivity contribution < 1.29 is 9.53 Å². The molecule has 2 rings (SSSR count). The molecular formula is C16H25N3O2. The smallest absolute Gasteiger partial charge is 0.226 e. The average molecular weight is 291 g/mol. The minimum atomic E-state index is -0.0407. The summed E-state index contributed by atoms with van der Waals surface area (Å²) < 4.78 is 5.29. The van der Waals surface area contributed by atoms with Crippen LogP contribution in [0.5, 0.6) is 5.88 Å². The summed E-state index contributed by atoms with van der Waals surface area (Å²) in [7, 11) is 1.96. The normalized spacial score (nSPS) is 17.2. The molecule has 1 aliphatic carbocycles. The van der Waals surface area contributed by atoms with Crippen LogP contribution in [0.1, 0.15) is 45.4 Å². The number of nitrogens with zero attached hydrogens (tertiary/aromatic N) is 1. The molecule has 21 heavy (non-hydrogen) atoms. The zero-order valence-electron chi connectivity index (χ0n) is 12.9. The van der Waals surface area contributed by atoms with Gasteiger partial charge in [0.1, 0.15) is 0 Å². The zero-order chi connectivity index (χ0) is 15.1. The Hall–Kier alpha value is -1.62. The standard InChI is InChI=1S/C16H25N3O2/c1-3-21-15-8-7-13(12-18-15)19-14(20)11-16(17-2)9-5-4-6-10-16/h7-8,12,17H,3-6,9-11H2,1-2H3,(H,19,20). The molecule has 116 valence electrons. The predicted molar refractivity (Wildman–Crippen MR) is 83.5 cm³/mol. The maximum atomic E-state index is 12.2. The maximum Gasteiger partial charge on any atom is 0.226 e. The molecule has 1 aliphatic rings. The molecule has 0 bridgehead atoms. The average Bonchev–Trinajstić information content (AvgIpc) is 2.50. The molecule has 2 N–H and O–H groups in total. The molecule has 1 fully saturated rings. The molecule has 0 atom stereocenters. The first-order chi connectivity index (χ1) is 10.2. The van der Waals surface area contributed by atoms with Crippen LogP contribution in [0.4, 0.5) is 5.69 Å². The van der Waals surface area contributed by atoms with Crippen LogP contribution in [0, 0.1) is 0 Å². The highest BCUT2D eigenvalue weighted by Crippen LogP contribution is 2.31. The van der Waals surface area contributed by atoms with Gasteiger partial charge in [-0.05, 0) is 32.9 Å². The predicted octanol–water partition coefficient (Wildman–Crippen LogP) is 2.73. The van der Waals surface area contributed by atoms with E-state index in [9.17, 15) is 4.79 Å². The Morgan fingerprint density at radius 3 is 2.67 bits per heavy atom. The van der Waals surface area contributed by atoms with Crippen molar-refractivity contribution >= 4 is 11.6 Å². The van der Waals surface area contributed by atoms with Gasteiger partial charge in [0.05, 0.1) is 18.5 Å². The number of pyridine rings is 1. The molecule has 1 amide bonds. The van der Waals surface area contributed by atoms with Crippen molar-refractivity contribution in [1.82, 2.24) is 10.3 Å². The fourth-order valence-corrected chi connectivity index (χ4v) is 2.94. The van der Waals surface area contributed by atoms with Crippen molar-refractivity contribution in [3.63, 3.8) is 0 Å². The third-order valence-corrected chi connectivity index (χ3v) is 4.15. The van der Waals surface area contributed by atoms with E-state index in [0.717, 1.165) is 12.8 Å². The topological polar surface area (TPSA) is 63.2 Å². The number of hydrogen-bond donors (Lipinski definition) is 2.